The van der Waals surface area contributed by atoms with Gasteiger partial charge in [-0.2, -0.15) is 0 Å². The molecule has 0 bridgehead atoms. The van der Waals surface area contributed by atoms with E-state index in [1.165, 1.54) is 0 Å². The highest BCUT2D eigenvalue weighted by Crippen LogP contribution is 2.38. The number of hydrogen-bond acceptors (Lipinski definition) is 2. The molecule has 0 N–H and O–H groups in total. The number of nitrogens with zero attached hydrogens (tertiary/aromatic N) is 1. The summed E-state index contributed by atoms with van der Waals surface area (Å²) in [6.07, 6.45) is 6.40. The monoisotopic (exact) mass is 321 g/mol. The fourth-order valence-corrected chi connectivity index (χ4v) is 3.51. The van der Waals surface area contributed by atoms with Gasteiger partial charge in [-0.05, 0) is 30.7 Å². The minimum atomic E-state index is -0.214. The summed E-state index contributed by atoms with van der Waals surface area (Å²) in [5.74, 6) is 0.725. The average Bonchev–Trinajstić information content (AvgIpc) is 2.87. The Labute approximate surface area is 142 Å². The first-order valence-electron chi connectivity index (χ1n) is 8.10. The van der Waals surface area contributed by atoms with Crippen LogP contribution in [0.4, 0.5) is 0 Å². The Kier molecular flexibility index (Phi) is 3.96. The van der Waals surface area contributed by atoms with Crippen LogP contribution in [0.25, 0.3) is 10.9 Å². The highest BCUT2D eigenvalue weighted by atomic mass is 16.5. The topological polar surface area (TPSA) is 31.2 Å². The van der Waals surface area contributed by atoms with Gasteiger partial charge in [0.15, 0.2) is 5.78 Å². The maximum atomic E-state index is 13.1. The molecule has 24 heavy (non-hydrogen) atoms. The molecule has 1 aromatic heterocycles. The van der Waals surface area contributed by atoms with Gasteiger partial charge in [0.2, 0.25) is 0 Å². The smallest absolute Gasteiger partial charge is 0.194 e. The number of rotatable bonds is 1. The van der Waals surface area contributed by atoms with E-state index in [1.807, 2.05) is 31.3 Å². The zero-order valence-electron chi connectivity index (χ0n) is 14.7. The third-order valence-electron chi connectivity index (χ3n) is 4.76. The van der Waals surface area contributed by atoms with Gasteiger partial charge in [-0.25, -0.2) is 0 Å². The van der Waals surface area contributed by atoms with E-state index in [9.17, 15) is 4.79 Å². The molecule has 1 aliphatic carbocycles. The lowest BCUT2D eigenvalue weighted by Gasteiger charge is -2.27. The molecule has 2 aromatic rings. The Balaban J connectivity index is 2.37. The van der Waals surface area contributed by atoms with E-state index in [4.69, 9.17) is 4.74 Å². The van der Waals surface area contributed by atoms with Gasteiger partial charge in [-0.3, -0.25) is 4.79 Å². The van der Waals surface area contributed by atoms with Crippen molar-refractivity contribution in [3.05, 3.63) is 71.7 Å². The number of para-hydroxylation sites is 1. The van der Waals surface area contributed by atoms with Gasteiger partial charge >= 0.3 is 0 Å². The van der Waals surface area contributed by atoms with E-state index >= 15 is 0 Å². The van der Waals surface area contributed by atoms with Crippen LogP contribution in [0.1, 0.15) is 36.3 Å². The van der Waals surface area contributed by atoms with Gasteiger partial charge in [0.25, 0.3) is 0 Å². The minimum absolute atomic E-state index is 0.0246. The van der Waals surface area contributed by atoms with E-state index in [1.54, 1.807) is 13.2 Å². The third-order valence-corrected chi connectivity index (χ3v) is 4.76. The van der Waals surface area contributed by atoms with Crippen molar-refractivity contribution in [2.45, 2.75) is 25.7 Å². The number of ether oxygens (including phenoxy) is 1. The van der Waals surface area contributed by atoms with E-state index < -0.39 is 0 Å². The molecule has 0 spiro atoms. The summed E-state index contributed by atoms with van der Waals surface area (Å²) in [7, 11) is 3.67. The van der Waals surface area contributed by atoms with E-state index in [0.29, 0.717) is 5.57 Å². The van der Waals surface area contributed by atoms with Gasteiger partial charge in [0, 0.05) is 34.6 Å². The number of ketones is 1. The number of Topliss-reactive ketones (excluding diaryl/α,β-unsaturated/α-hetero) is 1. The van der Waals surface area contributed by atoms with Gasteiger partial charge in [0.1, 0.15) is 5.76 Å². The predicted molar refractivity (Wildman–Crippen MR) is 98.3 cm³/mol. The summed E-state index contributed by atoms with van der Waals surface area (Å²) >= 11 is 0. The molecular weight excluding hydrogens is 298 g/mol. The summed E-state index contributed by atoms with van der Waals surface area (Å²) in [5.41, 5.74) is 3.12. The molecule has 0 saturated heterocycles. The first-order valence-corrected chi connectivity index (χ1v) is 8.10. The van der Waals surface area contributed by atoms with Crippen molar-refractivity contribution < 1.29 is 9.53 Å². The van der Waals surface area contributed by atoms with Gasteiger partial charge in [0.05, 0.1) is 12.7 Å². The molecule has 0 saturated carbocycles. The van der Waals surface area contributed by atoms with Gasteiger partial charge < -0.3 is 9.30 Å². The number of aromatic nitrogens is 1. The largest absolute Gasteiger partial charge is 0.497 e. The highest BCUT2D eigenvalue weighted by molar-refractivity contribution is 6.18. The van der Waals surface area contributed by atoms with Gasteiger partial charge in [-0.1, -0.05) is 38.6 Å². The van der Waals surface area contributed by atoms with Crippen molar-refractivity contribution in [2.75, 3.05) is 7.11 Å². The molecule has 0 radical (unpaired) electrons. The van der Waals surface area contributed by atoms with Crippen molar-refractivity contribution in [3.8, 4) is 0 Å². The lowest BCUT2D eigenvalue weighted by molar-refractivity contribution is 0.103. The molecule has 0 aliphatic heterocycles. The molecule has 3 rings (SSSR count). The second-order valence-corrected chi connectivity index (χ2v) is 6.89. The number of benzene rings is 1. The maximum absolute atomic E-state index is 13.1. The Hall–Kier alpha value is -2.55. The number of methoxy groups -OCH3 is 1. The molecule has 0 atom stereocenters. The molecule has 0 unspecified atom stereocenters. The summed E-state index contributed by atoms with van der Waals surface area (Å²) in [6, 6.07) is 8.05. The number of aryl methyl sites for hydroxylation is 1. The van der Waals surface area contributed by atoms with Crippen LogP contribution in [-0.2, 0) is 17.2 Å². The van der Waals surface area contributed by atoms with Crippen LogP contribution in [0.5, 0.6) is 0 Å². The SMILES string of the molecule is C=C1/C=C\C(OC)=C/CC(C)(C)c2c(c3ccccc3n2C)C1=O. The minimum Gasteiger partial charge on any atom is -0.497 e. The third kappa shape index (κ3) is 2.50. The molecule has 1 heterocycles. The molecule has 124 valence electrons. The number of carbonyl (C=O) groups excluding carboxylic acids is 1. The first kappa shape index (κ1) is 16.3. The van der Waals surface area contributed by atoms with Crippen LogP contribution in [-0.4, -0.2) is 17.5 Å². The number of allylic oxidation sites excluding steroid dienone is 4. The fraction of sp³-hybridized carbons (Fsp3) is 0.286. The van der Waals surface area contributed by atoms with Crippen molar-refractivity contribution in [1.29, 1.82) is 0 Å². The number of carbonyl (C=O) groups is 1. The van der Waals surface area contributed by atoms with E-state index in [2.05, 4.69) is 37.1 Å². The summed E-state index contributed by atoms with van der Waals surface area (Å²) in [6.45, 7) is 8.30. The van der Waals surface area contributed by atoms with Crippen LogP contribution in [0.2, 0.25) is 0 Å². The lowest BCUT2D eigenvalue weighted by atomic mass is 9.81. The zero-order valence-corrected chi connectivity index (χ0v) is 14.7. The Morgan fingerprint density at radius 1 is 1.21 bits per heavy atom. The molecule has 0 amide bonds. The Morgan fingerprint density at radius 3 is 2.62 bits per heavy atom. The molecule has 1 aromatic carbocycles. The fourth-order valence-electron chi connectivity index (χ4n) is 3.51. The second-order valence-electron chi connectivity index (χ2n) is 6.89. The molecule has 0 fully saturated rings. The van der Waals surface area contributed by atoms with Crippen LogP contribution in [0, 0.1) is 0 Å². The van der Waals surface area contributed by atoms with Crippen LogP contribution < -0.4 is 0 Å². The van der Waals surface area contributed by atoms with Crippen molar-refractivity contribution in [3.63, 3.8) is 0 Å². The van der Waals surface area contributed by atoms with Crippen molar-refractivity contribution in [1.82, 2.24) is 4.57 Å². The highest BCUT2D eigenvalue weighted by Gasteiger charge is 2.32. The lowest BCUT2D eigenvalue weighted by Crippen LogP contribution is -2.24. The number of fused-ring (bicyclic) bond motifs is 3. The van der Waals surface area contributed by atoms with Gasteiger partial charge in [-0.15, -0.1) is 0 Å². The second kappa shape index (κ2) is 5.82. The van der Waals surface area contributed by atoms with Crippen LogP contribution in [0.3, 0.4) is 0 Å². The molecular formula is C21H23NO2. The Morgan fingerprint density at radius 2 is 1.92 bits per heavy atom. The van der Waals surface area contributed by atoms with Crippen LogP contribution in [0.15, 0.2) is 60.4 Å². The standard InChI is InChI=1S/C21H23NO2/c1-14-10-11-15(24-5)12-13-21(2,3)20-18(19(14)23)16-8-6-7-9-17(16)22(20)4/h6-12H,1,13H2,2-5H3/b11-10-,15-12+. The quantitative estimate of drug-likeness (QED) is 0.714. The molecule has 3 nitrogen and oxygen atoms in total. The summed E-state index contributed by atoms with van der Waals surface area (Å²) in [5, 5.41) is 0.985. The molecule has 1 aliphatic rings. The Bertz CT molecular complexity index is 894. The summed E-state index contributed by atoms with van der Waals surface area (Å²) in [4.78, 5) is 13.1. The number of hydrogen-bond donors (Lipinski definition) is 0. The van der Waals surface area contributed by atoms with Crippen molar-refractivity contribution >= 4 is 16.7 Å². The zero-order chi connectivity index (χ0) is 17.5. The molecule has 3 heteroatoms. The average molecular weight is 321 g/mol. The van der Waals surface area contributed by atoms with E-state index in [-0.39, 0.29) is 11.2 Å². The summed E-state index contributed by atoms with van der Waals surface area (Å²) < 4.78 is 7.53. The van der Waals surface area contributed by atoms with Crippen LogP contribution >= 0.6 is 0 Å². The van der Waals surface area contributed by atoms with E-state index in [0.717, 1.165) is 34.3 Å². The maximum Gasteiger partial charge on any atom is 0.194 e. The first-order chi connectivity index (χ1) is 11.4. The van der Waals surface area contributed by atoms with Crippen molar-refractivity contribution in [2.24, 2.45) is 7.05 Å². The predicted octanol–water partition coefficient (Wildman–Crippen LogP) is 4.69. The normalized spacial score (nSPS) is 21.1.